The molecule has 0 bridgehead atoms. The van der Waals surface area contributed by atoms with Crippen molar-refractivity contribution in [3.8, 4) is 17.2 Å². The number of Topliss-reactive ketones (excluding diaryl/α,β-unsaturated/α-hetero) is 1. The number of hydrogen-bond acceptors (Lipinski definition) is 7. The minimum atomic E-state index is -0.898. The third-order valence-electron chi connectivity index (χ3n) is 5.94. The van der Waals surface area contributed by atoms with E-state index in [-0.39, 0.29) is 17.9 Å². The second kappa shape index (κ2) is 9.89. The Bertz CT molecular complexity index is 1260. The maximum Gasteiger partial charge on any atom is 0.295 e. The third kappa shape index (κ3) is 4.42. The number of pyridine rings is 1. The summed E-state index contributed by atoms with van der Waals surface area (Å²) in [4.78, 5) is 32.1. The highest BCUT2D eigenvalue weighted by atomic mass is 16.5. The van der Waals surface area contributed by atoms with Crippen LogP contribution in [0, 0.1) is 6.92 Å². The highest BCUT2D eigenvalue weighted by molar-refractivity contribution is 6.46. The standard InChI is InChI=1S/C27H26N2O6/c1-16-7-9-18(10-8-16)24(30)22-23(19-12-20(33-2)26(35-4)21(13-19)34-3)29(27(32)25(22)31)15-17-6-5-11-28-14-17/h5-14,23,30H,15H2,1-4H3/t23-/m1/s1. The van der Waals surface area contributed by atoms with Gasteiger partial charge in [0.15, 0.2) is 11.5 Å². The second-order valence-corrected chi connectivity index (χ2v) is 8.11. The molecule has 0 spiro atoms. The van der Waals surface area contributed by atoms with E-state index in [0.717, 1.165) is 11.1 Å². The zero-order chi connectivity index (χ0) is 25.1. The van der Waals surface area contributed by atoms with E-state index >= 15 is 0 Å². The second-order valence-electron chi connectivity index (χ2n) is 8.11. The molecular formula is C27H26N2O6. The predicted octanol–water partition coefficient (Wildman–Crippen LogP) is 4.04. The monoisotopic (exact) mass is 474 g/mol. The minimum absolute atomic E-state index is 0.0167. The maximum atomic E-state index is 13.3. The zero-order valence-corrected chi connectivity index (χ0v) is 19.9. The Morgan fingerprint density at radius 2 is 1.66 bits per heavy atom. The van der Waals surface area contributed by atoms with E-state index in [1.54, 1.807) is 42.7 Å². The van der Waals surface area contributed by atoms with Crippen LogP contribution in [0.25, 0.3) is 5.76 Å². The summed E-state index contributed by atoms with van der Waals surface area (Å²) in [6.45, 7) is 2.04. The van der Waals surface area contributed by atoms with Crippen LogP contribution in [0.3, 0.4) is 0 Å². The highest BCUT2D eigenvalue weighted by Crippen LogP contribution is 2.46. The number of likely N-dealkylation sites (tertiary alicyclic amines) is 1. The van der Waals surface area contributed by atoms with Crippen LogP contribution in [0.5, 0.6) is 17.2 Å². The van der Waals surface area contributed by atoms with E-state index in [0.29, 0.717) is 28.4 Å². The number of methoxy groups -OCH3 is 3. The number of carbonyl (C=O) groups excluding carboxylic acids is 2. The molecule has 1 aliphatic heterocycles. The predicted molar refractivity (Wildman–Crippen MR) is 129 cm³/mol. The minimum Gasteiger partial charge on any atom is -0.507 e. The van der Waals surface area contributed by atoms with Gasteiger partial charge in [-0.05, 0) is 36.2 Å². The molecule has 4 rings (SSSR count). The Morgan fingerprint density at radius 3 is 2.20 bits per heavy atom. The van der Waals surface area contributed by atoms with Crippen LogP contribution in [0.15, 0.2) is 66.5 Å². The number of benzene rings is 2. The average Bonchev–Trinajstić information content (AvgIpc) is 3.13. The van der Waals surface area contributed by atoms with E-state index in [2.05, 4.69) is 4.98 Å². The van der Waals surface area contributed by atoms with E-state index in [4.69, 9.17) is 14.2 Å². The Morgan fingerprint density at radius 1 is 1.00 bits per heavy atom. The quantitative estimate of drug-likeness (QED) is 0.314. The number of aliphatic hydroxyl groups excluding tert-OH is 1. The molecule has 35 heavy (non-hydrogen) atoms. The fourth-order valence-corrected chi connectivity index (χ4v) is 4.20. The number of aliphatic hydroxyl groups is 1. The summed E-state index contributed by atoms with van der Waals surface area (Å²) in [6.07, 6.45) is 3.26. The average molecular weight is 475 g/mol. The van der Waals surface area contributed by atoms with Gasteiger partial charge in [0.05, 0.1) is 32.9 Å². The third-order valence-corrected chi connectivity index (χ3v) is 5.94. The molecule has 8 heteroatoms. The number of aryl methyl sites for hydroxylation is 1. The summed E-state index contributed by atoms with van der Waals surface area (Å²) in [7, 11) is 4.46. The zero-order valence-electron chi connectivity index (χ0n) is 19.9. The van der Waals surface area contributed by atoms with Crippen LogP contribution in [-0.4, -0.2) is 48.0 Å². The molecule has 1 atom stereocenters. The van der Waals surface area contributed by atoms with Crippen molar-refractivity contribution in [2.45, 2.75) is 19.5 Å². The van der Waals surface area contributed by atoms with Gasteiger partial charge in [-0.3, -0.25) is 14.6 Å². The van der Waals surface area contributed by atoms with E-state index in [1.807, 2.05) is 25.1 Å². The van der Waals surface area contributed by atoms with Crippen LogP contribution >= 0.6 is 0 Å². The van der Waals surface area contributed by atoms with Crippen LogP contribution in [0.2, 0.25) is 0 Å². The van der Waals surface area contributed by atoms with Gasteiger partial charge in [0.2, 0.25) is 5.75 Å². The first-order valence-electron chi connectivity index (χ1n) is 10.9. The molecule has 0 unspecified atom stereocenters. The maximum absolute atomic E-state index is 13.3. The smallest absolute Gasteiger partial charge is 0.295 e. The normalized spacial score (nSPS) is 16.9. The number of hydrogen-bond donors (Lipinski definition) is 1. The molecule has 1 N–H and O–H groups in total. The van der Waals surface area contributed by atoms with E-state index < -0.39 is 17.7 Å². The van der Waals surface area contributed by atoms with Crippen molar-refractivity contribution in [2.75, 3.05) is 21.3 Å². The summed E-state index contributed by atoms with van der Waals surface area (Å²) in [5.41, 5.74) is 2.68. The molecule has 0 radical (unpaired) electrons. The lowest BCUT2D eigenvalue weighted by atomic mass is 9.94. The molecule has 1 amide bonds. The van der Waals surface area contributed by atoms with Crippen molar-refractivity contribution in [2.24, 2.45) is 0 Å². The first kappa shape index (κ1) is 23.8. The summed E-state index contributed by atoms with van der Waals surface area (Å²) in [5.74, 6) is -0.641. The number of rotatable bonds is 7. The Labute approximate surface area is 203 Å². The molecule has 1 fully saturated rings. The van der Waals surface area contributed by atoms with Crippen molar-refractivity contribution >= 4 is 17.4 Å². The van der Waals surface area contributed by atoms with Gasteiger partial charge in [-0.2, -0.15) is 0 Å². The van der Waals surface area contributed by atoms with Crippen LogP contribution in [0.1, 0.15) is 28.3 Å². The Hall–Kier alpha value is -4.33. The van der Waals surface area contributed by atoms with Crippen molar-refractivity contribution < 1.29 is 28.9 Å². The van der Waals surface area contributed by atoms with Crippen LogP contribution < -0.4 is 14.2 Å². The molecule has 1 aliphatic rings. The SMILES string of the molecule is COc1cc([C@@H]2C(=C(O)c3ccc(C)cc3)C(=O)C(=O)N2Cc2cccnc2)cc(OC)c1OC. The van der Waals surface area contributed by atoms with Gasteiger partial charge >= 0.3 is 0 Å². The molecule has 2 aromatic carbocycles. The number of nitrogens with zero attached hydrogens (tertiary/aromatic N) is 2. The molecule has 1 saturated heterocycles. The topological polar surface area (TPSA) is 98.2 Å². The van der Waals surface area contributed by atoms with Crippen molar-refractivity contribution in [1.82, 2.24) is 9.88 Å². The summed E-state index contributed by atoms with van der Waals surface area (Å²) in [6, 6.07) is 13.1. The van der Waals surface area contributed by atoms with Crippen molar-refractivity contribution in [3.63, 3.8) is 0 Å². The van der Waals surface area contributed by atoms with Crippen LogP contribution in [-0.2, 0) is 16.1 Å². The molecule has 8 nitrogen and oxygen atoms in total. The Balaban J connectivity index is 1.94. The van der Waals surface area contributed by atoms with Gasteiger partial charge in [-0.25, -0.2) is 0 Å². The lowest BCUT2D eigenvalue weighted by molar-refractivity contribution is -0.140. The van der Waals surface area contributed by atoms with Crippen molar-refractivity contribution in [1.29, 1.82) is 0 Å². The molecule has 2 heterocycles. The number of carbonyl (C=O) groups is 2. The number of aromatic nitrogens is 1. The molecule has 0 saturated carbocycles. The molecule has 0 aliphatic carbocycles. The highest BCUT2D eigenvalue weighted by Gasteiger charge is 2.46. The van der Waals surface area contributed by atoms with Crippen LogP contribution in [0.4, 0.5) is 0 Å². The summed E-state index contributed by atoms with van der Waals surface area (Å²) >= 11 is 0. The lowest BCUT2D eigenvalue weighted by Gasteiger charge is -2.26. The summed E-state index contributed by atoms with van der Waals surface area (Å²) < 4.78 is 16.4. The van der Waals surface area contributed by atoms with Gasteiger partial charge in [-0.15, -0.1) is 0 Å². The first-order chi connectivity index (χ1) is 16.9. The number of ketones is 1. The molecular weight excluding hydrogens is 448 g/mol. The van der Waals surface area contributed by atoms with Gasteiger partial charge in [0, 0.05) is 24.5 Å². The van der Waals surface area contributed by atoms with Gasteiger partial charge in [-0.1, -0.05) is 35.9 Å². The first-order valence-corrected chi connectivity index (χ1v) is 10.9. The number of ether oxygens (including phenoxy) is 3. The molecule has 180 valence electrons. The molecule has 1 aromatic heterocycles. The lowest BCUT2D eigenvalue weighted by Crippen LogP contribution is -2.29. The largest absolute Gasteiger partial charge is 0.507 e. The van der Waals surface area contributed by atoms with E-state index in [1.165, 1.54) is 26.2 Å². The molecule has 3 aromatic rings. The van der Waals surface area contributed by atoms with Gasteiger partial charge in [0.25, 0.3) is 11.7 Å². The summed E-state index contributed by atoms with van der Waals surface area (Å²) in [5, 5.41) is 11.2. The van der Waals surface area contributed by atoms with Gasteiger partial charge in [0.1, 0.15) is 5.76 Å². The van der Waals surface area contributed by atoms with Crippen molar-refractivity contribution in [3.05, 3.63) is 88.8 Å². The van der Waals surface area contributed by atoms with E-state index in [9.17, 15) is 14.7 Å². The van der Waals surface area contributed by atoms with Gasteiger partial charge < -0.3 is 24.2 Å². The fraction of sp³-hybridized carbons (Fsp3) is 0.222. The number of amides is 1. The fourth-order valence-electron chi connectivity index (χ4n) is 4.20. The Kier molecular flexibility index (Phi) is 6.73.